The van der Waals surface area contributed by atoms with Crippen molar-refractivity contribution in [2.24, 2.45) is 0 Å². The summed E-state index contributed by atoms with van der Waals surface area (Å²) in [6.07, 6.45) is 0. The SMILES string of the molecule is CCOC(=O)c1c(-c2ccc(C)c(C)c2)csc1NC(=O)COc1ccc(C)cc1C. The summed E-state index contributed by atoms with van der Waals surface area (Å²) in [5.74, 6) is -0.130. The number of anilines is 1. The van der Waals surface area contributed by atoms with Gasteiger partial charge in [0, 0.05) is 10.9 Å². The third-order valence-corrected chi connectivity index (χ3v) is 5.93. The summed E-state index contributed by atoms with van der Waals surface area (Å²) in [6, 6.07) is 11.8. The number of hydrogen-bond acceptors (Lipinski definition) is 5. The topological polar surface area (TPSA) is 64.6 Å². The maximum Gasteiger partial charge on any atom is 0.341 e. The number of carbonyl (C=O) groups is 2. The van der Waals surface area contributed by atoms with Gasteiger partial charge in [-0.15, -0.1) is 11.3 Å². The molecule has 1 N–H and O–H groups in total. The van der Waals surface area contributed by atoms with Crippen LogP contribution < -0.4 is 10.1 Å². The first-order valence-corrected chi connectivity index (χ1v) is 11.0. The van der Waals surface area contributed by atoms with Crippen LogP contribution in [-0.2, 0) is 9.53 Å². The van der Waals surface area contributed by atoms with Crippen LogP contribution in [0, 0.1) is 27.7 Å². The molecule has 0 saturated carbocycles. The Bertz CT molecular complexity index is 1120. The lowest BCUT2D eigenvalue weighted by molar-refractivity contribution is -0.118. The average molecular weight is 438 g/mol. The minimum absolute atomic E-state index is 0.150. The molecule has 0 spiro atoms. The fourth-order valence-corrected chi connectivity index (χ4v) is 4.22. The molecule has 1 heterocycles. The molecule has 1 aromatic heterocycles. The van der Waals surface area contributed by atoms with E-state index in [0.717, 1.165) is 27.8 Å². The molecular weight excluding hydrogens is 410 g/mol. The van der Waals surface area contributed by atoms with E-state index in [2.05, 4.69) is 5.32 Å². The summed E-state index contributed by atoms with van der Waals surface area (Å²) in [7, 11) is 0. The number of hydrogen-bond donors (Lipinski definition) is 1. The Hall–Kier alpha value is -3.12. The first kappa shape index (κ1) is 22.6. The number of ether oxygens (including phenoxy) is 2. The lowest BCUT2D eigenvalue weighted by atomic mass is 9.99. The first-order chi connectivity index (χ1) is 14.8. The minimum Gasteiger partial charge on any atom is -0.483 e. The Morgan fingerprint density at radius 3 is 2.42 bits per heavy atom. The summed E-state index contributed by atoms with van der Waals surface area (Å²) in [6.45, 7) is 9.88. The number of aryl methyl sites for hydroxylation is 4. The Balaban J connectivity index is 1.83. The van der Waals surface area contributed by atoms with Gasteiger partial charge < -0.3 is 14.8 Å². The number of thiophene rings is 1. The molecule has 31 heavy (non-hydrogen) atoms. The van der Waals surface area contributed by atoms with E-state index in [-0.39, 0.29) is 19.1 Å². The maximum absolute atomic E-state index is 12.7. The lowest BCUT2D eigenvalue weighted by Gasteiger charge is -2.11. The zero-order valence-electron chi connectivity index (χ0n) is 18.5. The van der Waals surface area contributed by atoms with Crippen LogP contribution in [0.1, 0.15) is 39.5 Å². The van der Waals surface area contributed by atoms with Crippen molar-refractivity contribution < 1.29 is 19.1 Å². The van der Waals surface area contributed by atoms with E-state index in [9.17, 15) is 9.59 Å². The summed E-state index contributed by atoms with van der Waals surface area (Å²) in [5.41, 5.74) is 6.43. The number of esters is 1. The molecule has 0 aliphatic heterocycles. The highest BCUT2D eigenvalue weighted by Gasteiger charge is 2.23. The van der Waals surface area contributed by atoms with E-state index in [0.29, 0.717) is 16.3 Å². The van der Waals surface area contributed by atoms with Crippen LogP contribution in [0.5, 0.6) is 5.75 Å². The van der Waals surface area contributed by atoms with Crippen molar-refractivity contribution >= 4 is 28.2 Å². The van der Waals surface area contributed by atoms with E-state index in [1.807, 2.05) is 69.5 Å². The second kappa shape index (κ2) is 9.79. The minimum atomic E-state index is -0.456. The summed E-state index contributed by atoms with van der Waals surface area (Å²) in [5, 5.41) is 5.15. The highest BCUT2D eigenvalue weighted by molar-refractivity contribution is 7.15. The van der Waals surface area contributed by atoms with Crippen molar-refractivity contribution in [3.05, 3.63) is 69.6 Å². The molecule has 5 nitrogen and oxygen atoms in total. The zero-order valence-corrected chi connectivity index (χ0v) is 19.3. The number of benzene rings is 2. The molecule has 0 atom stereocenters. The fourth-order valence-electron chi connectivity index (χ4n) is 3.24. The second-order valence-corrected chi connectivity index (χ2v) is 8.36. The molecule has 162 valence electrons. The molecule has 0 bridgehead atoms. The number of carbonyl (C=O) groups excluding carboxylic acids is 2. The number of rotatable bonds is 7. The highest BCUT2D eigenvalue weighted by atomic mass is 32.1. The number of nitrogens with one attached hydrogen (secondary N) is 1. The molecule has 0 saturated heterocycles. The van der Waals surface area contributed by atoms with Crippen LogP contribution >= 0.6 is 11.3 Å². The Morgan fingerprint density at radius 1 is 0.968 bits per heavy atom. The third-order valence-electron chi connectivity index (χ3n) is 5.03. The third kappa shape index (κ3) is 5.33. The van der Waals surface area contributed by atoms with Gasteiger partial charge in [-0.2, -0.15) is 0 Å². The Kier molecular flexibility index (Phi) is 7.13. The highest BCUT2D eigenvalue weighted by Crippen LogP contribution is 2.37. The van der Waals surface area contributed by atoms with Gasteiger partial charge in [0.25, 0.3) is 5.91 Å². The molecular formula is C25H27NO4S. The Morgan fingerprint density at radius 2 is 1.74 bits per heavy atom. The standard InChI is InChI=1S/C25H27NO4S/c1-6-29-25(28)23-20(19-9-8-16(3)17(4)12-19)14-31-24(23)26-22(27)13-30-21-10-7-15(2)11-18(21)5/h7-12,14H,6,13H2,1-5H3,(H,26,27). The first-order valence-electron chi connectivity index (χ1n) is 10.2. The largest absolute Gasteiger partial charge is 0.483 e. The maximum atomic E-state index is 12.7. The van der Waals surface area contributed by atoms with Crippen molar-refractivity contribution in [2.45, 2.75) is 34.6 Å². The molecule has 3 rings (SSSR count). The normalized spacial score (nSPS) is 10.6. The van der Waals surface area contributed by atoms with Gasteiger partial charge in [0.15, 0.2) is 6.61 Å². The van der Waals surface area contributed by atoms with E-state index >= 15 is 0 Å². The molecule has 0 fully saturated rings. The summed E-state index contributed by atoms with van der Waals surface area (Å²) in [4.78, 5) is 25.3. The van der Waals surface area contributed by atoms with Gasteiger partial charge in [-0.05, 0) is 62.9 Å². The molecule has 3 aromatic rings. The smallest absolute Gasteiger partial charge is 0.341 e. The molecule has 6 heteroatoms. The average Bonchev–Trinajstić information content (AvgIpc) is 3.13. The molecule has 2 aromatic carbocycles. The summed E-state index contributed by atoms with van der Waals surface area (Å²) >= 11 is 1.30. The number of amides is 1. The van der Waals surface area contributed by atoms with Crippen LogP contribution in [0.2, 0.25) is 0 Å². The van der Waals surface area contributed by atoms with Gasteiger partial charge >= 0.3 is 5.97 Å². The van der Waals surface area contributed by atoms with Crippen molar-refractivity contribution in [1.82, 2.24) is 0 Å². The van der Waals surface area contributed by atoms with Crippen molar-refractivity contribution in [3.63, 3.8) is 0 Å². The predicted molar refractivity (Wildman–Crippen MR) is 125 cm³/mol. The van der Waals surface area contributed by atoms with Crippen molar-refractivity contribution in [3.8, 4) is 16.9 Å². The van der Waals surface area contributed by atoms with Gasteiger partial charge in [-0.25, -0.2) is 4.79 Å². The molecule has 0 unspecified atom stereocenters. The second-order valence-electron chi connectivity index (χ2n) is 7.48. The molecule has 1 amide bonds. The van der Waals surface area contributed by atoms with Crippen molar-refractivity contribution in [1.29, 1.82) is 0 Å². The van der Waals surface area contributed by atoms with Gasteiger partial charge in [-0.1, -0.05) is 35.9 Å². The Labute approximate surface area is 187 Å². The van der Waals surface area contributed by atoms with Crippen LogP contribution in [0.4, 0.5) is 5.00 Å². The van der Waals surface area contributed by atoms with E-state index in [4.69, 9.17) is 9.47 Å². The van der Waals surface area contributed by atoms with Gasteiger partial charge in [-0.3, -0.25) is 4.79 Å². The van der Waals surface area contributed by atoms with E-state index in [1.54, 1.807) is 6.92 Å². The molecule has 0 aliphatic rings. The summed E-state index contributed by atoms with van der Waals surface area (Å²) < 4.78 is 10.9. The van der Waals surface area contributed by atoms with Gasteiger partial charge in [0.1, 0.15) is 16.3 Å². The lowest BCUT2D eigenvalue weighted by Crippen LogP contribution is -2.21. The van der Waals surface area contributed by atoms with Crippen LogP contribution in [0.15, 0.2) is 41.8 Å². The zero-order chi connectivity index (χ0) is 22.5. The quantitative estimate of drug-likeness (QED) is 0.472. The van der Waals surface area contributed by atoms with Crippen LogP contribution in [-0.4, -0.2) is 25.1 Å². The van der Waals surface area contributed by atoms with Crippen LogP contribution in [0.25, 0.3) is 11.1 Å². The van der Waals surface area contributed by atoms with Crippen LogP contribution in [0.3, 0.4) is 0 Å². The van der Waals surface area contributed by atoms with E-state index < -0.39 is 5.97 Å². The predicted octanol–water partition coefficient (Wildman–Crippen LogP) is 5.84. The molecule has 0 aliphatic carbocycles. The van der Waals surface area contributed by atoms with Gasteiger partial charge in [0.05, 0.1) is 6.61 Å². The van der Waals surface area contributed by atoms with E-state index in [1.165, 1.54) is 16.9 Å². The molecule has 0 radical (unpaired) electrons. The fraction of sp³-hybridized carbons (Fsp3) is 0.280. The van der Waals surface area contributed by atoms with Gasteiger partial charge in [0.2, 0.25) is 0 Å². The van der Waals surface area contributed by atoms with Crippen molar-refractivity contribution in [2.75, 3.05) is 18.5 Å². The monoisotopic (exact) mass is 437 g/mol.